The Hall–Kier alpha value is -2.20. The van der Waals surface area contributed by atoms with Crippen molar-refractivity contribution in [2.75, 3.05) is 19.6 Å². The number of allylic oxidation sites excluding steroid dienone is 4. The third-order valence-corrected chi connectivity index (χ3v) is 6.64. The fraction of sp³-hybridized carbons (Fsp3) is 0.500. The largest absolute Gasteiger partial charge is 0.481 e. The molecule has 4 nitrogen and oxygen atoms in total. The molecule has 2 atom stereocenters. The van der Waals surface area contributed by atoms with E-state index in [1.54, 1.807) is 0 Å². The number of nitrogens with zero attached hydrogens (tertiary/aromatic N) is 2. The van der Waals surface area contributed by atoms with Crippen LogP contribution in [0.15, 0.2) is 59.1 Å². The van der Waals surface area contributed by atoms with Gasteiger partial charge in [0, 0.05) is 18.2 Å². The number of piperidine rings is 1. The van der Waals surface area contributed by atoms with Gasteiger partial charge in [-0.25, -0.2) is 0 Å². The van der Waals surface area contributed by atoms with Crippen LogP contribution >= 0.6 is 0 Å². The topological polar surface area (TPSA) is 52.9 Å². The number of carboxylic acid groups (broad SMARTS) is 1. The Morgan fingerprint density at radius 2 is 2.00 bits per heavy atom. The summed E-state index contributed by atoms with van der Waals surface area (Å²) in [7, 11) is 0. The second kappa shape index (κ2) is 8.04. The molecule has 0 spiro atoms. The number of likely N-dealkylation sites (tertiary alicyclic amines) is 1. The van der Waals surface area contributed by atoms with Gasteiger partial charge in [0.1, 0.15) is 0 Å². The number of aliphatic carboxylic acids is 1. The first-order valence-corrected chi connectivity index (χ1v) is 10.5. The van der Waals surface area contributed by atoms with E-state index in [-0.39, 0.29) is 0 Å². The molecule has 148 valence electrons. The summed E-state index contributed by atoms with van der Waals surface area (Å²) in [6.07, 6.45) is 10.1. The Balaban J connectivity index is 1.36. The van der Waals surface area contributed by atoms with Crippen molar-refractivity contribution >= 4 is 11.7 Å². The number of aliphatic imine (C=N–C) groups is 1. The molecule has 2 aliphatic carbocycles. The van der Waals surface area contributed by atoms with Gasteiger partial charge in [-0.3, -0.25) is 14.7 Å². The number of carbonyl (C=O) groups is 1. The molecule has 1 aromatic rings. The molecule has 1 saturated heterocycles. The van der Waals surface area contributed by atoms with E-state index < -0.39 is 11.4 Å². The van der Waals surface area contributed by atoms with Crippen LogP contribution in [0.4, 0.5) is 0 Å². The van der Waals surface area contributed by atoms with E-state index in [4.69, 9.17) is 4.99 Å². The molecule has 28 heavy (non-hydrogen) atoms. The van der Waals surface area contributed by atoms with Gasteiger partial charge in [0.05, 0.1) is 12.0 Å². The van der Waals surface area contributed by atoms with E-state index in [2.05, 4.69) is 54.3 Å². The molecular formula is C24H30N2O2. The number of carboxylic acids is 1. The van der Waals surface area contributed by atoms with Gasteiger partial charge < -0.3 is 5.11 Å². The van der Waals surface area contributed by atoms with Crippen LogP contribution in [0.1, 0.15) is 38.2 Å². The molecule has 0 aromatic heterocycles. The van der Waals surface area contributed by atoms with Crippen molar-refractivity contribution in [3.63, 3.8) is 0 Å². The fourth-order valence-corrected chi connectivity index (χ4v) is 4.53. The standard InChI is InChI=1S/C24H30N2O2/c1-18-7-5-6-10-20(18)21-15-22(21)25-17-24(23(27)28)11-13-26(14-12-24)16-19-8-3-2-4-9-19/h2-6,8-10,18,21H,7,11-17H2,1H3,(H,27,28)/t18?,21-/m1/s1. The van der Waals surface area contributed by atoms with Gasteiger partial charge >= 0.3 is 5.97 Å². The van der Waals surface area contributed by atoms with Gasteiger partial charge in [0.2, 0.25) is 0 Å². The molecule has 1 saturated carbocycles. The van der Waals surface area contributed by atoms with Crippen molar-refractivity contribution in [3.05, 3.63) is 59.7 Å². The molecule has 1 unspecified atom stereocenters. The maximum atomic E-state index is 12.1. The summed E-state index contributed by atoms with van der Waals surface area (Å²) in [5.41, 5.74) is 3.28. The molecule has 1 heterocycles. The second-order valence-corrected chi connectivity index (χ2v) is 8.64. The maximum absolute atomic E-state index is 12.1. The predicted octanol–water partition coefficient (Wildman–Crippen LogP) is 4.34. The highest BCUT2D eigenvalue weighted by Gasteiger charge is 2.43. The van der Waals surface area contributed by atoms with Crippen molar-refractivity contribution in [1.29, 1.82) is 0 Å². The zero-order valence-corrected chi connectivity index (χ0v) is 16.7. The van der Waals surface area contributed by atoms with Crippen molar-refractivity contribution in [2.45, 2.75) is 39.2 Å². The molecule has 1 aromatic carbocycles. The summed E-state index contributed by atoms with van der Waals surface area (Å²) in [6, 6.07) is 10.4. The third kappa shape index (κ3) is 4.12. The second-order valence-electron chi connectivity index (χ2n) is 8.64. The zero-order chi connectivity index (χ0) is 19.6. The van der Waals surface area contributed by atoms with Crippen LogP contribution in [0.3, 0.4) is 0 Å². The zero-order valence-electron chi connectivity index (χ0n) is 16.7. The number of benzene rings is 1. The highest BCUT2D eigenvalue weighted by atomic mass is 16.4. The van der Waals surface area contributed by atoms with E-state index in [0.717, 1.165) is 32.5 Å². The first kappa shape index (κ1) is 19.1. The molecular weight excluding hydrogens is 348 g/mol. The lowest BCUT2D eigenvalue weighted by atomic mass is 9.78. The molecule has 1 aliphatic heterocycles. The summed E-state index contributed by atoms with van der Waals surface area (Å²) in [5.74, 6) is 0.364. The van der Waals surface area contributed by atoms with Crippen LogP contribution in [-0.2, 0) is 11.3 Å². The molecule has 0 amide bonds. The van der Waals surface area contributed by atoms with Gasteiger partial charge in [-0.15, -0.1) is 0 Å². The van der Waals surface area contributed by atoms with Crippen molar-refractivity contribution in [1.82, 2.24) is 4.90 Å². The molecule has 0 bridgehead atoms. The van der Waals surface area contributed by atoms with Crippen LogP contribution in [0.2, 0.25) is 0 Å². The van der Waals surface area contributed by atoms with E-state index in [9.17, 15) is 9.90 Å². The van der Waals surface area contributed by atoms with Gasteiger partial charge in [-0.1, -0.05) is 61.1 Å². The number of hydrogen-bond donors (Lipinski definition) is 1. The average molecular weight is 379 g/mol. The molecule has 2 fully saturated rings. The summed E-state index contributed by atoms with van der Waals surface area (Å²) < 4.78 is 0. The lowest BCUT2D eigenvalue weighted by molar-refractivity contribution is -0.151. The van der Waals surface area contributed by atoms with E-state index >= 15 is 0 Å². The lowest BCUT2D eigenvalue weighted by Gasteiger charge is -2.38. The van der Waals surface area contributed by atoms with Crippen LogP contribution in [0.5, 0.6) is 0 Å². The molecule has 1 N–H and O–H groups in total. The van der Waals surface area contributed by atoms with E-state index in [1.165, 1.54) is 16.8 Å². The van der Waals surface area contributed by atoms with Crippen LogP contribution < -0.4 is 0 Å². The normalized spacial score (nSPS) is 28.2. The monoisotopic (exact) mass is 378 g/mol. The van der Waals surface area contributed by atoms with Gasteiger partial charge in [-0.2, -0.15) is 0 Å². The first-order chi connectivity index (χ1) is 13.6. The minimum atomic E-state index is -0.695. The third-order valence-electron chi connectivity index (χ3n) is 6.64. The smallest absolute Gasteiger partial charge is 0.311 e. The Kier molecular flexibility index (Phi) is 5.49. The van der Waals surface area contributed by atoms with Crippen LogP contribution in [0, 0.1) is 17.3 Å². The Labute approximate surface area is 167 Å². The Morgan fingerprint density at radius 1 is 1.25 bits per heavy atom. The Bertz CT molecular complexity index is 801. The quantitative estimate of drug-likeness (QED) is 0.801. The summed E-state index contributed by atoms with van der Waals surface area (Å²) in [5, 5.41) is 9.95. The molecule has 4 rings (SSSR count). The fourth-order valence-electron chi connectivity index (χ4n) is 4.53. The minimum absolute atomic E-state index is 0.435. The SMILES string of the molecule is CC1CC=CC=C1[C@H]1CC1=NCC1(C(=O)O)CCN(Cc2ccccc2)CC1. The van der Waals surface area contributed by atoms with Crippen molar-refractivity contribution in [3.8, 4) is 0 Å². The highest BCUT2D eigenvalue weighted by molar-refractivity contribution is 6.04. The number of hydrogen-bond acceptors (Lipinski definition) is 3. The molecule has 3 aliphatic rings. The van der Waals surface area contributed by atoms with Crippen LogP contribution in [-0.4, -0.2) is 41.3 Å². The summed E-state index contributed by atoms with van der Waals surface area (Å²) in [6.45, 7) is 5.24. The summed E-state index contributed by atoms with van der Waals surface area (Å²) in [4.78, 5) is 19.3. The molecule has 0 radical (unpaired) electrons. The minimum Gasteiger partial charge on any atom is -0.481 e. The average Bonchev–Trinajstić information content (AvgIpc) is 3.48. The van der Waals surface area contributed by atoms with Crippen LogP contribution in [0.25, 0.3) is 0 Å². The van der Waals surface area contributed by atoms with Gasteiger partial charge in [0.25, 0.3) is 0 Å². The summed E-state index contributed by atoms with van der Waals surface area (Å²) >= 11 is 0. The van der Waals surface area contributed by atoms with Crippen molar-refractivity contribution < 1.29 is 9.90 Å². The highest BCUT2D eigenvalue weighted by Crippen LogP contribution is 2.41. The molecule has 4 heteroatoms. The van der Waals surface area contributed by atoms with Gasteiger partial charge in [0.15, 0.2) is 0 Å². The number of rotatable bonds is 6. The maximum Gasteiger partial charge on any atom is 0.311 e. The lowest BCUT2D eigenvalue weighted by Crippen LogP contribution is -2.45. The van der Waals surface area contributed by atoms with E-state index in [1.807, 2.05) is 6.07 Å². The van der Waals surface area contributed by atoms with Gasteiger partial charge in [-0.05, 0) is 50.3 Å². The Morgan fingerprint density at radius 3 is 2.68 bits per heavy atom. The van der Waals surface area contributed by atoms with Crippen molar-refractivity contribution in [2.24, 2.45) is 22.2 Å². The predicted molar refractivity (Wildman–Crippen MR) is 112 cm³/mol. The first-order valence-electron chi connectivity index (χ1n) is 10.5. The van der Waals surface area contributed by atoms with E-state index in [0.29, 0.717) is 31.2 Å².